The lowest BCUT2D eigenvalue weighted by Crippen LogP contribution is -2.51. The topological polar surface area (TPSA) is 45.9 Å². The van der Waals surface area contributed by atoms with Crippen LogP contribution in [-0.2, 0) is 4.74 Å². The number of nitrogens with zero attached hydrogens (tertiary/aromatic N) is 2. The Labute approximate surface area is 170 Å². The van der Waals surface area contributed by atoms with E-state index in [0.717, 1.165) is 0 Å². The lowest BCUT2D eigenvalue weighted by molar-refractivity contribution is 0.0108. The first-order valence-electron chi connectivity index (χ1n) is 9.28. The molecule has 0 N–H and O–H groups in total. The van der Waals surface area contributed by atoms with Crippen molar-refractivity contribution in [2.45, 2.75) is 32.4 Å². The molecule has 1 amide bonds. The van der Waals surface area contributed by atoms with E-state index >= 15 is 0 Å². The molecule has 0 saturated carbocycles. The molecule has 30 heavy (non-hydrogen) atoms. The number of amides is 1. The van der Waals surface area contributed by atoms with E-state index in [1.807, 2.05) is 0 Å². The maximum atomic E-state index is 14.5. The molecule has 1 aliphatic rings. The maximum Gasteiger partial charge on any atom is 0.410 e. The minimum atomic E-state index is -2.22. The highest BCUT2D eigenvalue weighted by Crippen LogP contribution is 2.36. The fourth-order valence-electron chi connectivity index (χ4n) is 3.30. The van der Waals surface area contributed by atoms with Gasteiger partial charge in [0, 0.05) is 26.2 Å². The summed E-state index contributed by atoms with van der Waals surface area (Å²) in [5, 5.41) is 0. The first-order valence-corrected chi connectivity index (χ1v) is 9.28. The minimum absolute atomic E-state index is 0.0175. The summed E-state index contributed by atoms with van der Waals surface area (Å²) in [5.74, 6) is -10.1. The first-order chi connectivity index (χ1) is 14.0. The van der Waals surface area contributed by atoms with Crippen LogP contribution in [-0.4, -0.2) is 47.7 Å². The summed E-state index contributed by atoms with van der Waals surface area (Å²) >= 11 is 0. The zero-order valence-corrected chi connectivity index (χ0v) is 16.6. The van der Waals surface area contributed by atoms with Crippen LogP contribution in [0.5, 0.6) is 0 Å². The summed E-state index contributed by atoms with van der Waals surface area (Å²) < 4.78 is 80.7. The van der Waals surface area contributed by atoms with Gasteiger partial charge in [-0.15, -0.1) is 0 Å². The summed E-state index contributed by atoms with van der Waals surface area (Å²) in [4.78, 5) is 15.1. The molecule has 2 aromatic rings. The number of carbonyl (C=O) groups excluding carboxylic acids is 1. The Bertz CT molecular complexity index is 891. The highest BCUT2D eigenvalue weighted by Gasteiger charge is 2.38. The molecule has 1 aromatic heterocycles. The second-order valence-corrected chi connectivity index (χ2v) is 7.90. The van der Waals surface area contributed by atoms with Gasteiger partial charge in [0.2, 0.25) is 5.82 Å². The first kappa shape index (κ1) is 22.1. The van der Waals surface area contributed by atoms with E-state index in [1.54, 1.807) is 20.8 Å². The van der Waals surface area contributed by atoms with Gasteiger partial charge in [0.25, 0.3) is 0 Å². The van der Waals surface area contributed by atoms with Crippen LogP contribution in [0.25, 0.3) is 0 Å². The summed E-state index contributed by atoms with van der Waals surface area (Å²) in [6.07, 6.45) is 0.693. The van der Waals surface area contributed by atoms with Crippen LogP contribution in [0.4, 0.5) is 26.7 Å². The van der Waals surface area contributed by atoms with Crippen LogP contribution in [0.3, 0.4) is 0 Å². The van der Waals surface area contributed by atoms with Gasteiger partial charge in [-0.05, 0) is 32.9 Å². The molecular formula is C20H21F5N2O3. The fourth-order valence-corrected chi connectivity index (χ4v) is 3.30. The number of hydrogen-bond donors (Lipinski definition) is 0. The van der Waals surface area contributed by atoms with Crippen molar-refractivity contribution >= 4 is 6.09 Å². The van der Waals surface area contributed by atoms with Crippen molar-refractivity contribution in [3.63, 3.8) is 0 Å². The van der Waals surface area contributed by atoms with E-state index in [4.69, 9.17) is 9.15 Å². The molecule has 0 aliphatic carbocycles. The predicted molar refractivity (Wildman–Crippen MR) is 96.2 cm³/mol. The fraction of sp³-hybridized carbons (Fsp3) is 0.450. The number of piperazine rings is 1. The van der Waals surface area contributed by atoms with Gasteiger partial charge < -0.3 is 14.1 Å². The van der Waals surface area contributed by atoms with E-state index in [9.17, 15) is 26.7 Å². The minimum Gasteiger partial charge on any atom is -0.467 e. The van der Waals surface area contributed by atoms with Crippen molar-refractivity contribution in [3.8, 4) is 0 Å². The lowest BCUT2D eigenvalue weighted by Gasteiger charge is -2.39. The van der Waals surface area contributed by atoms with Crippen molar-refractivity contribution in [3.05, 3.63) is 58.8 Å². The quantitative estimate of drug-likeness (QED) is 0.404. The van der Waals surface area contributed by atoms with Crippen molar-refractivity contribution in [2.24, 2.45) is 0 Å². The number of furan rings is 1. The zero-order chi connectivity index (χ0) is 22.2. The van der Waals surface area contributed by atoms with Crippen LogP contribution in [0, 0.1) is 29.1 Å². The Hall–Kier alpha value is -2.62. The van der Waals surface area contributed by atoms with Crippen LogP contribution >= 0.6 is 0 Å². The number of halogens is 5. The molecule has 164 valence electrons. The number of rotatable bonds is 3. The van der Waals surface area contributed by atoms with Gasteiger partial charge in [0.05, 0.1) is 17.9 Å². The predicted octanol–water partition coefficient (Wildman–Crippen LogP) is 4.62. The second kappa shape index (κ2) is 8.25. The number of benzene rings is 1. The molecule has 0 spiro atoms. The summed E-state index contributed by atoms with van der Waals surface area (Å²) in [6, 6.07) is 1.49. The highest BCUT2D eigenvalue weighted by atomic mass is 19.2. The third-order valence-corrected chi connectivity index (χ3v) is 4.66. The van der Waals surface area contributed by atoms with Gasteiger partial charge in [0.1, 0.15) is 11.4 Å². The number of ether oxygens (including phenoxy) is 1. The normalized spacial score (nSPS) is 16.6. The third kappa shape index (κ3) is 4.28. The number of hydrogen-bond acceptors (Lipinski definition) is 4. The highest BCUT2D eigenvalue weighted by molar-refractivity contribution is 5.68. The van der Waals surface area contributed by atoms with Gasteiger partial charge in [-0.3, -0.25) is 4.90 Å². The largest absolute Gasteiger partial charge is 0.467 e. The molecule has 1 aliphatic heterocycles. The standard InChI is InChI=1S/C20H21F5N2O3/c1-20(2,3)30-19(28)27-8-6-26(7-9-27)18(11-5-4-10-29-11)12-13(21)15(23)17(25)16(24)14(12)22/h4-5,10,18H,6-9H2,1-3H3. The second-order valence-electron chi connectivity index (χ2n) is 7.90. The molecule has 1 atom stereocenters. The Morgan fingerprint density at radius 3 is 1.97 bits per heavy atom. The molecule has 1 aromatic carbocycles. The van der Waals surface area contributed by atoms with Crippen LogP contribution in [0.15, 0.2) is 22.8 Å². The lowest BCUT2D eigenvalue weighted by atomic mass is 9.99. The van der Waals surface area contributed by atoms with Gasteiger partial charge in [0.15, 0.2) is 23.3 Å². The summed E-state index contributed by atoms with van der Waals surface area (Å²) in [6.45, 7) is 5.64. The Kier molecular flexibility index (Phi) is 6.07. The molecule has 1 fully saturated rings. The molecule has 1 unspecified atom stereocenters. The van der Waals surface area contributed by atoms with E-state index in [0.29, 0.717) is 0 Å². The average molecular weight is 432 g/mol. The van der Waals surface area contributed by atoms with Gasteiger partial charge in [-0.2, -0.15) is 0 Å². The van der Waals surface area contributed by atoms with Crippen molar-refractivity contribution in [1.29, 1.82) is 0 Å². The van der Waals surface area contributed by atoms with Crippen molar-refractivity contribution in [1.82, 2.24) is 9.80 Å². The third-order valence-electron chi connectivity index (χ3n) is 4.66. The number of carbonyl (C=O) groups is 1. The van der Waals surface area contributed by atoms with Crippen LogP contribution in [0.2, 0.25) is 0 Å². The Morgan fingerprint density at radius 2 is 1.50 bits per heavy atom. The van der Waals surface area contributed by atoms with Crippen LogP contribution < -0.4 is 0 Å². The molecule has 3 rings (SSSR count). The van der Waals surface area contributed by atoms with Gasteiger partial charge in [-0.25, -0.2) is 26.7 Å². The van der Waals surface area contributed by atoms with E-state index in [1.165, 1.54) is 28.2 Å². The van der Waals surface area contributed by atoms with Crippen molar-refractivity contribution in [2.75, 3.05) is 26.2 Å². The van der Waals surface area contributed by atoms with Crippen molar-refractivity contribution < 1.29 is 35.9 Å². The van der Waals surface area contributed by atoms with Crippen LogP contribution in [0.1, 0.15) is 38.1 Å². The van der Waals surface area contributed by atoms with E-state index < -0.39 is 52.4 Å². The zero-order valence-electron chi connectivity index (χ0n) is 16.6. The Morgan fingerprint density at radius 1 is 0.967 bits per heavy atom. The molecule has 0 radical (unpaired) electrons. The molecular weight excluding hydrogens is 411 g/mol. The molecule has 5 nitrogen and oxygen atoms in total. The van der Waals surface area contributed by atoms with E-state index in [2.05, 4.69) is 0 Å². The smallest absolute Gasteiger partial charge is 0.410 e. The SMILES string of the molecule is CC(C)(C)OC(=O)N1CCN(C(c2ccco2)c2c(F)c(F)c(F)c(F)c2F)CC1. The molecule has 1 saturated heterocycles. The molecule has 2 heterocycles. The molecule has 0 bridgehead atoms. The monoisotopic (exact) mass is 432 g/mol. The summed E-state index contributed by atoms with van der Waals surface area (Å²) in [5.41, 5.74) is -1.69. The molecule has 10 heteroatoms. The Balaban J connectivity index is 1.91. The van der Waals surface area contributed by atoms with Gasteiger partial charge in [-0.1, -0.05) is 0 Å². The van der Waals surface area contributed by atoms with Gasteiger partial charge >= 0.3 is 6.09 Å². The summed E-state index contributed by atoms with van der Waals surface area (Å²) in [7, 11) is 0. The van der Waals surface area contributed by atoms with E-state index in [-0.39, 0.29) is 31.9 Å². The maximum absolute atomic E-state index is 14.5. The average Bonchev–Trinajstić information content (AvgIpc) is 3.21.